The maximum absolute atomic E-state index is 13.9. The zero-order valence-corrected chi connectivity index (χ0v) is 28.5. The van der Waals surface area contributed by atoms with Gasteiger partial charge in [-0.2, -0.15) is 0 Å². The highest BCUT2D eigenvalue weighted by molar-refractivity contribution is 7.90. The van der Waals surface area contributed by atoms with Crippen molar-refractivity contribution in [3.05, 3.63) is 82.8 Å². The number of carbonyl (C=O) groups is 3. The van der Waals surface area contributed by atoms with Gasteiger partial charge in [-0.05, 0) is 57.2 Å². The molecule has 1 aliphatic rings. The molecule has 1 aliphatic carbocycles. The SMILES string of the molecule is CCC.CCS(=O)(=O)NC(=O)C(NC(=O)[C@@H](C/C1=C/CCC=C(c2ccno2)C=C1)N(C)C(=O)c1cc(C)cc(C)c1)C(C)C. The number of likely N-dealkylation sites (N-methyl/N-ethyl adjacent to an activating group) is 1. The maximum Gasteiger partial charge on any atom is 0.256 e. The fourth-order valence-electron chi connectivity index (χ4n) is 4.68. The minimum Gasteiger partial charge on any atom is -0.356 e. The van der Waals surface area contributed by atoms with E-state index in [9.17, 15) is 22.8 Å². The zero-order chi connectivity index (χ0) is 33.7. The van der Waals surface area contributed by atoms with E-state index in [0.717, 1.165) is 28.7 Å². The molecule has 45 heavy (non-hydrogen) atoms. The van der Waals surface area contributed by atoms with E-state index in [-0.39, 0.29) is 18.1 Å². The van der Waals surface area contributed by atoms with Crippen molar-refractivity contribution in [2.24, 2.45) is 5.92 Å². The van der Waals surface area contributed by atoms with Crippen molar-refractivity contribution in [3.8, 4) is 0 Å². The van der Waals surface area contributed by atoms with Gasteiger partial charge in [0.25, 0.3) is 11.8 Å². The summed E-state index contributed by atoms with van der Waals surface area (Å²) in [5, 5.41) is 6.50. The molecule has 0 fully saturated rings. The van der Waals surface area contributed by atoms with Gasteiger partial charge in [0.2, 0.25) is 15.9 Å². The van der Waals surface area contributed by atoms with Crippen LogP contribution in [-0.2, 0) is 19.6 Å². The number of nitrogens with one attached hydrogen (secondary N) is 2. The van der Waals surface area contributed by atoms with E-state index in [0.29, 0.717) is 17.7 Å². The standard InChI is InChI=1S/C31H40N4O6S.C3H8/c1-7-42(39,40)34-30(37)28(20(2)3)33-29(36)26(35(6)31(38)25-17-21(4)16-22(5)18-25)19-23-10-8-9-11-24(13-12-23)27-14-15-32-41-27;1-3-2/h10-18,20,26,28H,7-9,19H2,1-6H3,(H,33,36)(H,34,37);3H2,1-2H3/b13-12?,23-10+,24-11?;/t26-,28?;/m1./s1. The smallest absolute Gasteiger partial charge is 0.256 e. The van der Waals surface area contributed by atoms with E-state index in [1.165, 1.54) is 18.2 Å². The number of hydrogen-bond donors (Lipinski definition) is 2. The second kappa shape index (κ2) is 17.5. The molecule has 2 atom stereocenters. The third-order valence-corrected chi connectivity index (χ3v) is 8.28. The highest BCUT2D eigenvalue weighted by atomic mass is 32.2. The van der Waals surface area contributed by atoms with Crippen LogP contribution in [0.2, 0.25) is 0 Å². The molecular formula is C34H48N4O6S. The van der Waals surface area contributed by atoms with Gasteiger partial charge in [-0.25, -0.2) is 8.42 Å². The van der Waals surface area contributed by atoms with Gasteiger partial charge in [0.1, 0.15) is 12.1 Å². The lowest BCUT2D eigenvalue weighted by Gasteiger charge is -2.31. The first-order valence-corrected chi connectivity index (χ1v) is 17.1. The summed E-state index contributed by atoms with van der Waals surface area (Å²) >= 11 is 0. The van der Waals surface area contributed by atoms with Gasteiger partial charge in [-0.1, -0.05) is 80.8 Å². The van der Waals surface area contributed by atoms with Gasteiger partial charge in [-0.3, -0.25) is 19.1 Å². The summed E-state index contributed by atoms with van der Waals surface area (Å²) in [7, 11) is -2.27. The normalized spacial score (nSPS) is 15.7. The molecule has 0 aliphatic heterocycles. The van der Waals surface area contributed by atoms with Crippen molar-refractivity contribution >= 4 is 33.3 Å². The Labute approximate surface area is 268 Å². The van der Waals surface area contributed by atoms with Crippen molar-refractivity contribution in [2.45, 2.75) is 86.2 Å². The molecular weight excluding hydrogens is 592 g/mol. The number of carbonyl (C=O) groups excluding carboxylic acids is 3. The topological polar surface area (TPSA) is 139 Å². The molecule has 246 valence electrons. The predicted molar refractivity (Wildman–Crippen MR) is 178 cm³/mol. The Morgan fingerprint density at radius 1 is 0.978 bits per heavy atom. The molecule has 1 aromatic carbocycles. The number of aryl methyl sites for hydroxylation is 2. The third-order valence-electron chi connectivity index (χ3n) is 7.01. The van der Waals surface area contributed by atoms with Crippen LogP contribution in [0.4, 0.5) is 0 Å². The lowest BCUT2D eigenvalue weighted by atomic mass is 9.96. The largest absolute Gasteiger partial charge is 0.356 e. The van der Waals surface area contributed by atoms with Crippen molar-refractivity contribution < 1.29 is 27.3 Å². The fourth-order valence-corrected chi connectivity index (χ4v) is 5.26. The second-order valence-corrected chi connectivity index (χ2v) is 13.6. The number of allylic oxidation sites excluding steroid dienone is 5. The number of rotatable bonds is 11. The average molecular weight is 641 g/mol. The van der Waals surface area contributed by atoms with E-state index in [4.69, 9.17) is 4.52 Å². The number of amides is 3. The van der Waals surface area contributed by atoms with Crippen molar-refractivity contribution in [1.29, 1.82) is 0 Å². The first kappa shape index (κ1) is 37.2. The molecule has 0 radical (unpaired) electrons. The number of benzene rings is 1. The molecule has 0 saturated carbocycles. The van der Waals surface area contributed by atoms with Crippen LogP contribution in [-0.4, -0.2) is 61.1 Å². The highest BCUT2D eigenvalue weighted by Gasteiger charge is 2.33. The summed E-state index contributed by atoms with van der Waals surface area (Å²) < 4.78 is 31.5. The van der Waals surface area contributed by atoms with Crippen molar-refractivity contribution in [2.75, 3.05) is 12.8 Å². The first-order valence-electron chi connectivity index (χ1n) is 15.4. The van der Waals surface area contributed by atoms with Gasteiger partial charge in [0, 0.05) is 30.7 Å². The molecule has 3 rings (SSSR count). The molecule has 1 aromatic heterocycles. The molecule has 2 aromatic rings. The third kappa shape index (κ3) is 11.5. The minimum absolute atomic E-state index is 0.165. The maximum atomic E-state index is 13.9. The van der Waals surface area contributed by atoms with Crippen LogP contribution in [0, 0.1) is 19.8 Å². The predicted octanol–water partition coefficient (Wildman–Crippen LogP) is 5.51. The summed E-state index contributed by atoms with van der Waals surface area (Å²) in [6, 6.07) is 5.14. The Bertz CT molecular complexity index is 1490. The monoisotopic (exact) mass is 640 g/mol. The quantitative estimate of drug-likeness (QED) is 0.331. The van der Waals surface area contributed by atoms with E-state index in [2.05, 4.69) is 24.3 Å². The molecule has 11 heteroatoms. The number of nitrogens with zero attached hydrogens (tertiary/aromatic N) is 2. The van der Waals surface area contributed by atoms with E-state index in [1.54, 1.807) is 45.3 Å². The Kier molecular flexibility index (Phi) is 14.5. The lowest BCUT2D eigenvalue weighted by molar-refractivity contribution is -0.131. The molecule has 0 saturated heterocycles. The molecule has 1 unspecified atom stereocenters. The van der Waals surface area contributed by atoms with Crippen molar-refractivity contribution in [3.63, 3.8) is 0 Å². The zero-order valence-electron chi connectivity index (χ0n) is 27.7. The number of sulfonamides is 1. The van der Waals surface area contributed by atoms with Crippen LogP contribution in [0.3, 0.4) is 0 Å². The molecule has 2 N–H and O–H groups in total. The summed E-state index contributed by atoms with van der Waals surface area (Å²) in [5.74, 6) is -1.82. The van der Waals surface area contributed by atoms with Crippen LogP contribution in [0.25, 0.3) is 5.57 Å². The van der Waals surface area contributed by atoms with E-state index >= 15 is 0 Å². The summed E-state index contributed by atoms with van der Waals surface area (Å²) in [6.45, 7) is 12.9. The summed E-state index contributed by atoms with van der Waals surface area (Å²) in [5.41, 5.74) is 3.95. The second-order valence-electron chi connectivity index (χ2n) is 11.5. The van der Waals surface area contributed by atoms with Crippen molar-refractivity contribution in [1.82, 2.24) is 20.1 Å². The summed E-state index contributed by atoms with van der Waals surface area (Å²) in [4.78, 5) is 41.8. The summed E-state index contributed by atoms with van der Waals surface area (Å²) in [6.07, 6.45) is 12.2. The molecule has 3 amide bonds. The van der Waals surface area contributed by atoms with Gasteiger partial charge in [0.15, 0.2) is 5.76 Å². The molecule has 1 heterocycles. The lowest BCUT2D eigenvalue weighted by Crippen LogP contribution is -2.56. The van der Waals surface area contributed by atoms with Gasteiger partial charge >= 0.3 is 0 Å². The van der Waals surface area contributed by atoms with Crippen LogP contribution < -0.4 is 10.0 Å². The van der Waals surface area contributed by atoms with E-state index < -0.39 is 39.8 Å². The minimum atomic E-state index is -3.83. The Hall–Kier alpha value is -3.99. The van der Waals surface area contributed by atoms with Crippen LogP contribution in [0.1, 0.15) is 87.5 Å². The molecule has 0 spiro atoms. The Morgan fingerprint density at radius 3 is 2.16 bits per heavy atom. The molecule has 10 nitrogen and oxygen atoms in total. The number of hydrogen-bond acceptors (Lipinski definition) is 7. The number of aromatic nitrogens is 1. The van der Waals surface area contributed by atoms with E-state index in [1.807, 2.05) is 48.9 Å². The van der Waals surface area contributed by atoms with Gasteiger partial charge < -0.3 is 14.7 Å². The fraction of sp³-hybridized carbons (Fsp3) is 0.471. The Morgan fingerprint density at radius 2 is 1.60 bits per heavy atom. The Balaban J connectivity index is 0.00000226. The average Bonchev–Trinajstić information content (AvgIpc) is 3.49. The molecule has 0 bridgehead atoms. The van der Waals surface area contributed by atoms with Gasteiger partial charge in [-0.15, -0.1) is 0 Å². The van der Waals surface area contributed by atoms with Gasteiger partial charge in [0.05, 0.1) is 11.9 Å². The van der Waals surface area contributed by atoms with Crippen LogP contribution >= 0.6 is 0 Å². The van der Waals surface area contributed by atoms with Crippen LogP contribution in [0.15, 0.2) is 64.9 Å². The highest BCUT2D eigenvalue weighted by Crippen LogP contribution is 2.24. The first-order chi connectivity index (χ1) is 21.2. The van der Waals surface area contributed by atoms with Crippen LogP contribution in [0.5, 0.6) is 0 Å².